The van der Waals surface area contributed by atoms with Gasteiger partial charge in [-0.2, -0.15) is 0 Å². The van der Waals surface area contributed by atoms with E-state index in [-0.39, 0.29) is 16.1 Å². The van der Waals surface area contributed by atoms with E-state index in [1.54, 1.807) is 6.20 Å². The lowest BCUT2D eigenvalue weighted by molar-refractivity contribution is 0.0954. The zero-order chi connectivity index (χ0) is 15.5. The van der Waals surface area contributed by atoms with E-state index >= 15 is 0 Å². The lowest BCUT2D eigenvalue weighted by atomic mass is 9.90. The maximum atomic E-state index is 12.4. The van der Waals surface area contributed by atoms with Crippen molar-refractivity contribution >= 4 is 32.7 Å². The zero-order valence-corrected chi connectivity index (χ0v) is 14.3. The third kappa shape index (κ3) is 4.53. The summed E-state index contributed by atoms with van der Waals surface area (Å²) < 4.78 is 0. The molecule has 1 aromatic heterocycles. The number of hydrogen-bond acceptors (Lipinski definition) is 2. The Kier molecular flexibility index (Phi) is 4.99. The number of rotatable bonds is 4. The molecule has 21 heavy (non-hydrogen) atoms. The first-order valence-electron chi connectivity index (χ1n) is 7.13. The molecule has 1 heterocycles. The molecule has 1 amide bonds. The minimum absolute atomic E-state index is 0.0716. The molecule has 3 nitrogen and oxygen atoms in total. The van der Waals surface area contributed by atoms with E-state index in [1.807, 2.05) is 30.3 Å². The van der Waals surface area contributed by atoms with E-state index in [9.17, 15) is 4.79 Å². The second-order valence-electron chi connectivity index (χ2n) is 6.45. The molecule has 0 aliphatic rings. The quantitative estimate of drug-likeness (QED) is 0.842. The van der Waals surface area contributed by atoms with Gasteiger partial charge < -0.3 is 5.32 Å². The van der Waals surface area contributed by atoms with E-state index < -0.39 is 0 Å². The van der Waals surface area contributed by atoms with Crippen LogP contribution in [0.3, 0.4) is 0 Å². The van der Waals surface area contributed by atoms with E-state index in [2.05, 4.69) is 47.0 Å². The number of hydrogen-bond donors (Lipinski definition) is 1. The largest absolute Gasteiger partial charge is 0.351 e. The summed E-state index contributed by atoms with van der Waals surface area (Å²) in [6, 6.07) is 9.51. The summed E-state index contributed by atoms with van der Waals surface area (Å²) >= 11 is 3.63. The lowest BCUT2D eigenvalue weighted by Crippen LogP contribution is -2.31. The van der Waals surface area contributed by atoms with Crippen molar-refractivity contribution in [3.05, 3.63) is 42.1 Å². The highest BCUT2D eigenvalue weighted by Crippen LogP contribution is 2.24. The molecule has 0 fully saturated rings. The second kappa shape index (κ2) is 6.56. The predicted octanol–water partition coefficient (Wildman–Crippen LogP) is 4.16. The molecule has 0 aliphatic carbocycles. The van der Waals surface area contributed by atoms with Crippen LogP contribution in [0.5, 0.6) is 0 Å². The third-order valence-electron chi connectivity index (χ3n) is 3.20. The third-order valence-corrected chi connectivity index (χ3v) is 3.84. The number of aromatic nitrogens is 1. The van der Waals surface area contributed by atoms with Gasteiger partial charge in [0.1, 0.15) is 0 Å². The number of alkyl halides is 1. The van der Waals surface area contributed by atoms with Crippen LogP contribution in [0.4, 0.5) is 0 Å². The molecule has 0 radical (unpaired) electrons. The number of pyridine rings is 1. The minimum atomic E-state index is -0.0716. The highest BCUT2D eigenvalue weighted by molar-refractivity contribution is 9.09. The van der Waals surface area contributed by atoms with Crippen molar-refractivity contribution in [1.29, 1.82) is 0 Å². The van der Waals surface area contributed by atoms with Gasteiger partial charge in [-0.1, -0.05) is 54.9 Å². The van der Waals surface area contributed by atoms with Gasteiger partial charge in [-0.3, -0.25) is 9.78 Å². The molecule has 112 valence electrons. The van der Waals surface area contributed by atoms with Crippen LogP contribution in [0.15, 0.2) is 36.5 Å². The average Bonchev–Trinajstić information content (AvgIpc) is 2.42. The van der Waals surface area contributed by atoms with E-state index in [0.29, 0.717) is 12.1 Å². The van der Waals surface area contributed by atoms with Gasteiger partial charge in [0, 0.05) is 23.0 Å². The minimum Gasteiger partial charge on any atom is -0.351 e. The summed E-state index contributed by atoms with van der Waals surface area (Å²) in [6.07, 6.45) is 2.72. The fourth-order valence-corrected chi connectivity index (χ4v) is 3.46. The molecule has 2 rings (SSSR count). The Hall–Kier alpha value is -1.42. The first-order valence-corrected chi connectivity index (χ1v) is 8.04. The number of carbonyl (C=O) groups is 1. The van der Waals surface area contributed by atoms with Gasteiger partial charge in [-0.15, -0.1) is 0 Å². The van der Waals surface area contributed by atoms with Gasteiger partial charge in [0.15, 0.2) is 0 Å². The Morgan fingerprint density at radius 1 is 1.29 bits per heavy atom. The van der Waals surface area contributed by atoms with Crippen LogP contribution in [-0.4, -0.2) is 22.3 Å². The molecule has 0 saturated heterocycles. The Morgan fingerprint density at radius 3 is 2.71 bits per heavy atom. The highest BCUT2D eigenvalue weighted by atomic mass is 79.9. The first kappa shape index (κ1) is 16.0. The molecule has 1 unspecified atom stereocenters. The molecule has 2 aromatic rings. The monoisotopic (exact) mass is 348 g/mol. The zero-order valence-electron chi connectivity index (χ0n) is 12.7. The Bertz CT molecular complexity index is 629. The topological polar surface area (TPSA) is 42.0 Å². The number of fused-ring (bicyclic) bond motifs is 1. The summed E-state index contributed by atoms with van der Waals surface area (Å²) in [5, 5.41) is 3.97. The van der Waals surface area contributed by atoms with Crippen molar-refractivity contribution in [2.24, 2.45) is 5.41 Å². The summed E-state index contributed by atoms with van der Waals surface area (Å²) in [7, 11) is 0. The molecule has 0 aliphatic heterocycles. The van der Waals surface area contributed by atoms with Crippen molar-refractivity contribution in [2.75, 3.05) is 6.54 Å². The van der Waals surface area contributed by atoms with Crippen molar-refractivity contribution in [1.82, 2.24) is 10.3 Å². The van der Waals surface area contributed by atoms with E-state index in [4.69, 9.17) is 0 Å². The molecular weight excluding hydrogens is 328 g/mol. The first-order chi connectivity index (χ1) is 9.87. The molecule has 1 atom stereocenters. The van der Waals surface area contributed by atoms with Crippen molar-refractivity contribution in [2.45, 2.75) is 32.0 Å². The van der Waals surface area contributed by atoms with E-state index in [0.717, 1.165) is 17.3 Å². The summed E-state index contributed by atoms with van der Waals surface area (Å²) in [4.78, 5) is 16.9. The Balaban J connectivity index is 2.06. The SMILES string of the molecule is CC(C)(C)CC(Br)CNC(=O)c1cccc2cccnc12. The van der Waals surface area contributed by atoms with Gasteiger partial charge in [0.05, 0.1) is 11.1 Å². The van der Waals surface area contributed by atoms with Crippen LogP contribution in [0, 0.1) is 5.41 Å². The van der Waals surface area contributed by atoms with Crippen LogP contribution < -0.4 is 5.32 Å². The molecular formula is C17H21BrN2O. The van der Waals surface area contributed by atoms with Crippen molar-refractivity contribution in [3.8, 4) is 0 Å². The molecule has 0 bridgehead atoms. The van der Waals surface area contributed by atoms with Crippen LogP contribution in [-0.2, 0) is 0 Å². The smallest absolute Gasteiger partial charge is 0.253 e. The van der Waals surface area contributed by atoms with Crippen LogP contribution in [0.2, 0.25) is 0 Å². The normalized spacial score (nSPS) is 13.1. The fraction of sp³-hybridized carbons (Fsp3) is 0.412. The maximum absolute atomic E-state index is 12.4. The predicted molar refractivity (Wildman–Crippen MR) is 90.9 cm³/mol. The lowest BCUT2D eigenvalue weighted by Gasteiger charge is -2.22. The van der Waals surface area contributed by atoms with Gasteiger partial charge in [0.2, 0.25) is 0 Å². The number of amides is 1. The molecule has 4 heteroatoms. The molecule has 1 N–H and O–H groups in total. The standard InChI is InChI=1S/C17H21BrN2O/c1-17(2,3)10-13(18)11-20-16(21)14-8-4-6-12-7-5-9-19-15(12)14/h4-9,13H,10-11H2,1-3H3,(H,20,21). The van der Waals surface area contributed by atoms with Crippen LogP contribution in [0.1, 0.15) is 37.6 Å². The summed E-state index contributed by atoms with van der Waals surface area (Å²) in [5.74, 6) is -0.0716. The fourth-order valence-electron chi connectivity index (χ4n) is 2.32. The Labute approximate surface area is 134 Å². The number of para-hydroxylation sites is 1. The molecule has 1 aromatic carbocycles. The van der Waals surface area contributed by atoms with E-state index in [1.165, 1.54) is 0 Å². The molecule has 0 saturated carbocycles. The molecule has 0 spiro atoms. The van der Waals surface area contributed by atoms with Gasteiger partial charge in [0.25, 0.3) is 5.91 Å². The Morgan fingerprint density at radius 2 is 2.00 bits per heavy atom. The second-order valence-corrected chi connectivity index (χ2v) is 7.75. The number of benzene rings is 1. The highest BCUT2D eigenvalue weighted by Gasteiger charge is 2.18. The number of nitrogens with one attached hydrogen (secondary N) is 1. The number of halogens is 1. The van der Waals surface area contributed by atoms with Gasteiger partial charge in [-0.25, -0.2) is 0 Å². The summed E-state index contributed by atoms with van der Waals surface area (Å²) in [6.45, 7) is 7.19. The van der Waals surface area contributed by atoms with Crippen LogP contribution >= 0.6 is 15.9 Å². The van der Waals surface area contributed by atoms with Crippen LogP contribution in [0.25, 0.3) is 10.9 Å². The maximum Gasteiger partial charge on any atom is 0.253 e. The van der Waals surface area contributed by atoms with Gasteiger partial charge in [-0.05, 0) is 24.0 Å². The average molecular weight is 349 g/mol. The van der Waals surface area contributed by atoms with Crippen molar-refractivity contribution < 1.29 is 4.79 Å². The summed E-state index contributed by atoms with van der Waals surface area (Å²) in [5.41, 5.74) is 1.61. The van der Waals surface area contributed by atoms with Gasteiger partial charge >= 0.3 is 0 Å². The van der Waals surface area contributed by atoms with Crippen molar-refractivity contribution in [3.63, 3.8) is 0 Å². The number of nitrogens with zero attached hydrogens (tertiary/aromatic N) is 1. The number of carbonyl (C=O) groups excluding carboxylic acids is 1.